The molecule has 2 amide bonds. The number of rotatable bonds is 4. The molecule has 182 valence electrons. The summed E-state index contributed by atoms with van der Waals surface area (Å²) in [6.07, 6.45) is 2.26. The van der Waals surface area contributed by atoms with Crippen molar-refractivity contribution in [3.63, 3.8) is 0 Å². The van der Waals surface area contributed by atoms with E-state index in [-0.39, 0.29) is 11.8 Å². The monoisotopic (exact) mass is 616 g/mol. The molecule has 36 heavy (non-hydrogen) atoms. The first-order chi connectivity index (χ1) is 17.4. The molecule has 4 aromatic rings. The van der Waals surface area contributed by atoms with Crippen LogP contribution in [0.5, 0.6) is 0 Å². The van der Waals surface area contributed by atoms with Crippen LogP contribution in [0.2, 0.25) is 10.0 Å². The van der Waals surface area contributed by atoms with E-state index >= 15 is 0 Å². The second kappa shape index (κ2) is 9.62. The maximum absolute atomic E-state index is 13.2. The number of anilines is 2. The van der Waals surface area contributed by atoms with E-state index in [0.717, 1.165) is 59.3 Å². The minimum atomic E-state index is 0.0133. The number of halogens is 3. The predicted molar refractivity (Wildman–Crippen MR) is 153 cm³/mol. The van der Waals surface area contributed by atoms with Gasteiger partial charge in [-0.25, -0.2) is 0 Å². The van der Waals surface area contributed by atoms with Gasteiger partial charge in [-0.15, -0.1) is 22.7 Å². The highest BCUT2D eigenvalue weighted by Gasteiger charge is 2.30. The van der Waals surface area contributed by atoms with Crippen LogP contribution in [0, 0.1) is 0 Å². The number of carbonyl (C=O) groups excluding carboxylic acids is 2. The van der Waals surface area contributed by atoms with Crippen LogP contribution in [-0.2, 0) is 19.3 Å². The van der Waals surface area contributed by atoms with Crippen molar-refractivity contribution in [1.82, 2.24) is 0 Å². The van der Waals surface area contributed by atoms with Gasteiger partial charge in [-0.05, 0) is 87.9 Å². The van der Waals surface area contributed by atoms with E-state index in [4.69, 9.17) is 23.2 Å². The molecule has 0 bridgehead atoms. The zero-order valence-electron chi connectivity index (χ0n) is 18.9. The van der Waals surface area contributed by atoms with Gasteiger partial charge in [-0.3, -0.25) is 9.59 Å². The second-order valence-electron chi connectivity index (χ2n) is 8.82. The van der Waals surface area contributed by atoms with Crippen molar-refractivity contribution in [3.05, 3.63) is 99.8 Å². The average Bonchev–Trinajstić information content (AvgIpc) is 3.44. The largest absolute Gasteiger partial charge is 0.307 e. The highest BCUT2D eigenvalue weighted by Crippen LogP contribution is 2.36. The van der Waals surface area contributed by atoms with Crippen molar-refractivity contribution in [2.75, 3.05) is 22.9 Å². The third-order valence-electron chi connectivity index (χ3n) is 6.56. The lowest BCUT2D eigenvalue weighted by atomic mass is 10.0. The van der Waals surface area contributed by atoms with Gasteiger partial charge in [0.2, 0.25) is 0 Å². The summed E-state index contributed by atoms with van der Waals surface area (Å²) in [6.45, 7) is 1.26. The van der Waals surface area contributed by atoms with Crippen molar-refractivity contribution in [2.45, 2.75) is 19.3 Å². The molecule has 0 N–H and O–H groups in total. The van der Waals surface area contributed by atoms with Crippen LogP contribution < -0.4 is 9.80 Å². The Bertz CT molecular complexity index is 1530. The molecule has 0 saturated carbocycles. The summed E-state index contributed by atoms with van der Waals surface area (Å²) in [5.41, 5.74) is 4.79. The van der Waals surface area contributed by atoms with Crippen LogP contribution >= 0.6 is 61.8 Å². The molecule has 6 rings (SSSR count). The number of nitrogens with zero attached hydrogens (tertiary/aromatic N) is 2. The fourth-order valence-electron chi connectivity index (χ4n) is 4.79. The number of thiophene rings is 2. The van der Waals surface area contributed by atoms with Crippen molar-refractivity contribution >= 4 is 85.0 Å². The van der Waals surface area contributed by atoms with Crippen LogP contribution in [0.25, 0.3) is 0 Å². The summed E-state index contributed by atoms with van der Waals surface area (Å²) in [5.74, 6) is 0.0314. The third kappa shape index (κ3) is 4.41. The maximum Gasteiger partial charge on any atom is 0.268 e. The van der Waals surface area contributed by atoms with E-state index in [1.807, 2.05) is 48.5 Å². The van der Waals surface area contributed by atoms with Gasteiger partial charge < -0.3 is 9.80 Å². The maximum atomic E-state index is 13.2. The lowest BCUT2D eigenvalue weighted by Crippen LogP contribution is -2.36. The highest BCUT2D eigenvalue weighted by atomic mass is 79.9. The Labute approximate surface area is 235 Å². The Balaban J connectivity index is 1.21. The van der Waals surface area contributed by atoms with Crippen LogP contribution in [0.1, 0.15) is 40.9 Å². The summed E-state index contributed by atoms with van der Waals surface area (Å²) < 4.78 is 0.976. The summed E-state index contributed by atoms with van der Waals surface area (Å²) in [6, 6.07) is 17.4. The molecule has 0 atom stereocenters. The first-order valence-corrected chi connectivity index (χ1v) is 14.6. The minimum Gasteiger partial charge on any atom is -0.307 e. The van der Waals surface area contributed by atoms with Crippen LogP contribution in [0.3, 0.4) is 0 Å². The van der Waals surface area contributed by atoms with Crippen molar-refractivity contribution in [1.29, 1.82) is 0 Å². The molecule has 2 aliphatic heterocycles. The number of amides is 2. The normalized spacial score (nSPS) is 15.3. The molecule has 0 aliphatic carbocycles. The molecule has 2 aliphatic rings. The first kappa shape index (κ1) is 24.2. The number of fused-ring (bicyclic) bond motifs is 2. The molecule has 0 unspecified atom stereocenters. The summed E-state index contributed by atoms with van der Waals surface area (Å²) in [7, 11) is 0. The van der Waals surface area contributed by atoms with Crippen molar-refractivity contribution in [2.24, 2.45) is 0 Å². The Morgan fingerprint density at radius 2 is 1.47 bits per heavy atom. The van der Waals surface area contributed by atoms with E-state index in [1.54, 1.807) is 9.80 Å². The average molecular weight is 618 g/mol. The molecule has 2 aromatic heterocycles. The van der Waals surface area contributed by atoms with Gasteiger partial charge in [-0.2, -0.15) is 0 Å². The zero-order chi connectivity index (χ0) is 25.0. The quantitative estimate of drug-likeness (QED) is 0.234. The van der Waals surface area contributed by atoms with E-state index < -0.39 is 0 Å². The molecule has 9 heteroatoms. The molecule has 0 fully saturated rings. The van der Waals surface area contributed by atoms with Crippen molar-refractivity contribution in [3.8, 4) is 0 Å². The van der Waals surface area contributed by atoms with Gasteiger partial charge in [-0.1, -0.05) is 35.3 Å². The highest BCUT2D eigenvalue weighted by molar-refractivity contribution is 9.11. The topological polar surface area (TPSA) is 40.6 Å². The summed E-state index contributed by atoms with van der Waals surface area (Å²) in [5, 5.41) is 1.24. The Hall–Kier alpha value is -2.16. The molecular formula is C27H19BrCl2N2O2S2. The molecule has 4 nitrogen and oxygen atoms in total. The van der Waals surface area contributed by atoms with E-state index in [2.05, 4.69) is 22.0 Å². The Morgan fingerprint density at radius 3 is 2.17 bits per heavy atom. The molecule has 0 radical (unpaired) electrons. The number of hydrogen-bond acceptors (Lipinski definition) is 4. The SMILES string of the molecule is O=C1c2sc(Br)cc2CCN1c1ccc(Cc2cc3c(s2)C(=O)N(c2cccc(Cl)c2)CC3)c(Cl)c1. The molecule has 2 aromatic carbocycles. The van der Waals surface area contributed by atoms with Gasteiger partial charge >= 0.3 is 0 Å². The standard InChI is InChI=1S/C27H19BrCl2N2O2S2/c28-23-12-17-7-9-32(27(34)25(17)36-23)20-5-4-15(22(30)14-20)10-21-11-16-6-8-31(26(33)24(16)35-21)19-3-1-2-18(29)13-19/h1-5,11-14H,6-10H2. The number of benzene rings is 2. The molecule has 0 saturated heterocycles. The first-order valence-electron chi connectivity index (χ1n) is 11.4. The lowest BCUT2D eigenvalue weighted by Gasteiger charge is -2.27. The smallest absolute Gasteiger partial charge is 0.268 e. The van der Waals surface area contributed by atoms with E-state index in [9.17, 15) is 9.59 Å². The van der Waals surface area contributed by atoms with Crippen LogP contribution in [0.4, 0.5) is 11.4 Å². The third-order valence-corrected chi connectivity index (χ3v) is 9.98. The van der Waals surface area contributed by atoms with Crippen molar-refractivity contribution < 1.29 is 9.59 Å². The van der Waals surface area contributed by atoms with Gasteiger partial charge in [0.1, 0.15) is 0 Å². The Morgan fingerprint density at radius 1 is 0.806 bits per heavy atom. The predicted octanol–water partition coefficient (Wildman–Crippen LogP) is 7.88. The van der Waals surface area contributed by atoms with E-state index in [1.165, 1.54) is 22.7 Å². The molecule has 4 heterocycles. The van der Waals surface area contributed by atoms with Crippen LogP contribution in [0.15, 0.2) is 58.4 Å². The van der Waals surface area contributed by atoms with Gasteiger partial charge in [0, 0.05) is 45.8 Å². The fraction of sp³-hybridized carbons (Fsp3) is 0.185. The molecule has 0 spiro atoms. The minimum absolute atomic E-state index is 0.0133. The summed E-state index contributed by atoms with van der Waals surface area (Å²) in [4.78, 5) is 32.5. The zero-order valence-corrected chi connectivity index (χ0v) is 23.6. The number of carbonyl (C=O) groups is 2. The Kier molecular flexibility index (Phi) is 6.46. The van der Waals surface area contributed by atoms with Gasteiger partial charge in [0.15, 0.2) is 0 Å². The second-order valence-corrected chi connectivity index (χ2v) is 13.2. The number of hydrogen-bond donors (Lipinski definition) is 0. The summed E-state index contributed by atoms with van der Waals surface area (Å²) >= 11 is 19.3. The van der Waals surface area contributed by atoms with Crippen LogP contribution in [-0.4, -0.2) is 24.9 Å². The fourth-order valence-corrected chi connectivity index (χ4v) is 8.04. The lowest BCUT2D eigenvalue weighted by molar-refractivity contribution is 0.0977. The van der Waals surface area contributed by atoms with Gasteiger partial charge in [0.05, 0.1) is 13.5 Å². The molecular weight excluding hydrogens is 599 g/mol. The van der Waals surface area contributed by atoms with Gasteiger partial charge in [0.25, 0.3) is 11.8 Å². The van der Waals surface area contributed by atoms with E-state index in [0.29, 0.717) is 29.6 Å².